The molecule has 0 bridgehead atoms. The van der Waals surface area contributed by atoms with Crippen molar-refractivity contribution in [1.82, 2.24) is 0 Å². The van der Waals surface area contributed by atoms with Gasteiger partial charge >= 0.3 is 0 Å². The van der Waals surface area contributed by atoms with E-state index >= 15 is 0 Å². The van der Waals surface area contributed by atoms with E-state index in [4.69, 9.17) is 10.5 Å². The van der Waals surface area contributed by atoms with E-state index in [1.54, 1.807) is 13.2 Å². The van der Waals surface area contributed by atoms with Crippen molar-refractivity contribution in [2.75, 3.05) is 31.7 Å². The Labute approximate surface area is 114 Å². The van der Waals surface area contributed by atoms with Gasteiger partial charge in [0.1, 0.15) is 5.82 Å². The maximum atomic E-state index is 14.2. The van der Waals surface area contributed by atoms with Crippen LogP contribution in [0.1, 0.15) is 31.4 Å². The number of hydrogen-bond donors (Lipinski definition) is 1. The van der Waals surface area contributed by atoms with Crippen LogP contribution in [0.15, 0.2) is 18.2 Å². The normalized spacial score (nSPS) is 21.5. The molecule has 0 aromatic heterocycles. The highest BCUT2D eigenvalue weighted by atomic mass is 19.1. The smallest absolute Gasteiger partial charge is 0.146 e. The van der Waals surface area contributed by atoms with E-state index in [1.807, 2.05) is 19.1 Å². The minimum Gasteiger partial charge on any atom is -0.384 e. The Morgan fingerprint density at radius 1 is 1.53 bits per heavy atom. The minimum absolute atomic E-state index is 0.133. The molecule has 1 aliphatic rings. The molecule has 2 atom stereocenters. The number of piperidine rings is 1. The average Bonchev–Trinajstić information content (AvgIpc) is 2.39. The summed E-state index contributed by atoms with van der Waals surface area (Å²) in [5, 5.41) is 0. The summed E-state index contributed by atoms with van der Waals surface area (Å²) in [6.45, 7) is 4.39. The van der Waals surface area contributed by atoms with Crippen molar-refractivity contribution in [3.63, 3.8) is 0 Å². The number of halogens is 1. The van der Waals surface area contributed by atoms with E-state index in [0.29, 0.717) is 11.6 Å². The molecule has 0 spiro atoms. The Hall–Kier alpha value is -1.13. The molecule has 0 saturated carbocycles. The largest absolute Gasteiger partial charge is 0.384 e. The molecule has 4 heteroatoms. The summed E-state index contributed by atoms with van der Waals surface area (Å²) in [5.74, 6) is 0.319. The highest BCUT2D eigenvalue weighted by Gasteiger charge is 2.22. The van der Waals surface area contributed by atoms with Gasteiger partial charge in [-0.25, -0.2) is 4.39 Å². The van der Waals surface area contributed by atoms with E-state index in [0.717, 1.165) is 38.1 Å². The van der Waals surface area contributed by atoms with Crippen LogP contribution in [0.3, 0.4) is 0 Å². The highest BCUT2D eigenvalue weighted by Crippen LogP contribution is 2.27. The zero-order valence-electron chi connectivity index (χ0n) is 11.7. The Morgan fingerprint density at radius 2 is 2.32 bits per heavy atom. The summed E-state index contributed by atoms with van der Waals surface area (Å²) >= 11 is 0. The van der Waals surface area contributed by atoms with Gasteiger partial charge in [-0.1, -0.05) is 6.07 Å². The maximum Gasteiger partial charge on any atom is 0.146 e. The van der Waals surface area contributed by atoms with Gasteiger partial charge in [0.25, 0.3) is 0 Å². The predicted octanol–water partition coefficient (Wildman–Crippen LogP) is 2.71. The Morgan fingerprint density at radius 3 is 2.95 bits per heavy atom. The van der Waals surface area contributed by atoms with Gasteiger partial charge in [0.15, 0.2) is 0 Å². The topological polar surface area (TPSA) is 38.5 Å². The molecule has 3 nitrogen and oxygen atoms in total. The van der Waals surface area contributed by atoms with Crippen molar-refractivity contribution in [1.29, 1.82) is 0 Å². The summed E-state index contributed by atoms with van der Waals surface area (Å²) in [7, 11) is 1.72. The van der Waals surface area contributed by atoms with E-state index in [2.05, 4.69) is 4.90 Å². The summed E-state index contributed by atoms with van der Waals surface area (Å²) < 4.78 is 19.4. The third-order valence-electron chi connectivity index (χ3n) is 3.76. The zero-order chi connectivity index (χ0) is 13.8. The second-order valence-corrected chi connectivity index (χ2v) is 5.41. The average molecular weight is 266 g/mol. The second kappa shape index (κ2) is 6.35. The first-order valence-electron chi connectivity index (χ1n) is 6.90. The predicted molar refractivity (Wildman–Crippen MR) is 75.8 cm³/mol. The lowest BCUT2D eigenvalue weighted by Crippen LogP contribution is -2.37. The molecule has 2 rings (SSSR count). The molecular formula is C15H23FN2O. The molecule has 106 valence electrons. The van der Waals surface area contributed by atoms with Crippen LogP contribution >= 0.6 is 0 Å². The van der Waals surface area contributed by atoms with Gasteiger partial charge in [0.2, 0.25) is 0 Å². The number of ether oxygens (including phenoxy) is 1. The molecule has 1 unspecified atom stereocenters. The van der Waals surface area contributed by atoms with Crippen LogP contribution < -0.4 is 10.6 Å². The molecule has 0 amide bonds. The van der Waals surface area contributed by atoms with Crippen LogP contribution in [0.25, 0.3) is 0 Å². The minimum atomic E-state index is -0.173. The molecule has 1 heterocycles. The van der Waals surface area contributed by atoms with Crippen molar-refractivity contribution >= 4 is 5.69 Å². The number of methoxy groups -OCH3 is 1. The van der Waals surface area contributed by atoms with Gasteiger partial charge < -0.3 is 15.4 Å². The number of anilines is 1. The summed E-state index contributed by atoms with van der Waals surface area (Å²) in [6, 6.07) is 5.19. The van der Waals surface area contributed by atoms with E-state index in [1.165, 1.54) is 0 Å². The first-order chi connectivity index (χ1) is 9.11. The monoisotopic (exact) mass is 266 g/mol. The number of hydrogen-bond acceptors (Lipinski definition) is 3. The summed E-state index contributed by atoms with van der Waals surface area (Å²) in [6.07, 6.45) is 2.24. The van der Waals surface area contributed by atoms with Crippen LogP contribution in [0.5, 0.6) is 0 Å². The van der Waals surface area contributed by atoms with Crippen LogP contribution in [-0.4, -0.2) is 26.8 Å². The molecular weight excluding hydrogens is 243 g/mol. The number of nitrogens with two attached hydrogens (primary N) is 1. The molecule has 1 aromatic carbocycles. The Balaban J connectivity index is 2.12. The van der Waals surface area contributed by atoms with Crippen LogP contribution in [0, 0.1) is 11.7 Å². The fourth-order valence-electron chi connectivity index (χ4n) is 2.72. The molecule has 0 aliphatic carbocycles. The molecule has 1 aliphatic heterocycles. The number of benzene rings is 1. The fraction of sp³-hybridized carbons (Fsp3) is 0.600. The molecule has 1 aromatic rings. The molecule has 2 N–H and O–H groups in total. The Bertz CT molecular complexity index is 421. The Kier molecular flexibility index (Phi) is 4.77. The quantitative estimate of drug-likeness (QED) is 0.910. The van der Waals surface area contributed by atoms with Crippen LogP contribution in [0.4, 0.5) is 10.1 Å². The van der Waals surface area contributed by atoms with E-state index in [9.17, 15) is 4.39 Å². The first kappa shape index (κ1) is 14.3. The van der Waals surface area contributed by atoms with E-state index < -0.39 is 0 Å². The fourth-order valence-corrected chi connectivity index (χ4v) is 2.72. The summed E-state index contributed by atoms with van der Waals surface area (Å²) in [5.41, 5.74) is 7.30. The van der Waals surface area contributed by atoms with Gasteiger partial charge in [-0.05, 0) is 43.4 Å². The highest BCUT2D eigenvalue weighted by molar-refractivity contribution is 5.50. The lowest BCUT2D eigenvalue weighted by molar-refractivity contribution is 0.143. The van der Waals surface area contributed by atoms with E-state index in [-0.39, 0.29) is 11.9 Å². The van der Waals surface area contributed by atoms with Gasteiger partial charge in [-0.15, -0.1) is 0 Å². The number of nitrogens with zero attached hydrogens (tertiary/aromatic N) is 1. The van der Waals surface area contributed by atoms with Gasteiger partial charge in [0, 0.05) is 26.2 Å². The standard InChI is InChI=1S/C15H23FN2O/c1-11(17)13-5-6-15(14(16)8-13)18-7-3-4-12(9-18)10-19-2/h5-6,8,11-12H,3-4,7,9-10,17H2,1-2H3/t11-,12?/m1/s1. The van der Waals surface area contributed by atoms with Crippen molar-refractivity contribution < 1.29 is 9.13 Å². The molecule has 1 saturated heterocycles. The van der Waals surface area contributed by atoms with Crippen molar-refractivity contribution in [2.45, 2.75) is 25.8 Å². The summed E-state index contributed by atoms with van der Waals surface area (Å²) in [4.78, 5) is 2.12. The van der Waals surface area contributed by atoms with Crippen molar-refractivity contribution in [2.24, 2.45) is 11.7 Å². The molecule has 19 heavy (non-hydrogen) atoms. The third kappa shape index (κ3) is 3.45. The first-order valence-corrected chi connectivity index (χ1v) is 6.90. The molecule has 0 radical (unpaired) electrons. The SMILES string of the molecule is COCC1CCCN(c2ccc([C@@H](C)N)cc2F)C1. The van der Waals surface area contributed by atoms with Gasteiger partial charge in [-0.2, -0.15) is 0 Å². The zero-order valence-corrected chi connectivity index (χ0v) is 11.7. The van der Waals surface area contributed by atoms with Crippen molar-refractivity contribution in [3.05, 3.63) is 29.6 Å². The third-order valence-corrected chi connectivity index (χ3v) is 3.76. The van der Waals surface area contributed by atoms with Crippen molar-refractivity contribution in [3.8, 4) is 0 Å². The molecule has 1 fully saturated rings. The maximum absolute atomic E-state index is 14.2. The van der Waals surface area contributed by atoms with Gasteiger partial charge in [0.05, 0.1) is 12.3 Å². The van der Waals surface area contributed by atoms with Crippen LogP contribution in [0.2, 0.25) is 0 Å². The lowest BCUT2D eigenvalue weighted by Gasteiger charge is -2.34. The second-order valence-electron chi connectivity index (χ2n) is 5.41. The van der Waals surface area contributed by atoms with Gasteiger partial charge in [-0.3, -0.25) is 0 Å². The number of rotatable bonds is 4. The lowest BCUT2D eigenvalue weighted by atomic mass is 9.98. The van der Waals surface area contributed by atoms with Crippen LogP contribution in [-0.2, 0) is 4.74 Å².